The zero-order chi connectivity index (χ0) is 15.4. The van der Waals surface area contributed by atoms with Crippen molar-refractivity contribution in [2.24, 2.45) is 5.73 Å². The van der Waals surface area contributed by atoms with Crippen LogP contribution >= 0.6 is 0 Å². The molecule has 2 aromatic rings. The van der Waals surface area contributed by atoms with Crippen LogP contribution in [0.5, 0.6) is 0 Å². The summed E-state index contributed by atoms with van der Waals surface area (Å²) in [6.45, 7) is -0.188. The Balaban J connectivity index is 2.15. The van der Waals surface area contributed by atoms with Crippen LogP contribution in [0.15, 0.2) is 42.5 Å². The molecule has 0 radical (unpaired) electrons. The van der Waals surface area contributed by atoms with Gasteiger partial charge in [-0.15, -0.1) is 0 Å². The fourth-order valence-corrected chi connectivity index (χ4v) is 1.81. The Morgan fingerprint density at radius 1 is 1.10 bits per heavy atom. The van der Waals surface area contributed by atoms with Gasteiger partial charge in [-0.25, -0.2) is 9.18 Å². The first-order chi connectivity index (χ1) is 9.99. The van der Waals surface area contributed by atoms with E-state index in [4.69, 9.17) is 16.2 Å². The maximum absolute atomic E-state index is 13.5. The standard InChI is InChI=1S/C15H13FN2O3/c16-13-6-5-10(17)7-12(13)15(20)21-8-9-3-1-2-4-11(9)14(18)19/h1-7H,8,17H2,(H2,18,19). The Hall–Kier alpha value is -2.89. The number of carbonyl (C=O) groups is 2. The van der Waals surface area contributed by atoms with Gasteiger partial charge in [0.1, 0.15) is 12.4 Å². The van der Waals surface area contributed by atoms with Crippen LogP contribution in [0.2, 0.25) is 0 Å². The average molecular weight is 288 g/mol. The van der Waals surface area contributed by atoms with Gasteiger partial charge in [0.25, 0.3) is 0 Å². The van der Waals surface area contributed by atoms with Crippen molar-refractivity contribution in [3.05, 3.63) is 65.0 Å². The maximum Gasteiger partial charge on any atom is 0.341 e. The minimum Gasteiger partial charge on any atom is -0.457 e. The Morgan fingerprint density at radius 2 is 1.81 bits per heavy atom. The number of benzene rings is 2. The molecule has 2 rings (SSSR count). The Morgan fingerprint density at radius 3 is 2.52 bits per heavy atom. The minimum atomic E-state index is -0.862. The molecule has 0 aromatic heterocycles. The number of hydrogen-bond donors (Lipinski definition) is 2. The van der Waals surface area contributed by atoms with E-state index >= 15 is 0 Å². The lowest BCUT2D eigenvalue weighted by Crippen LogP contribution is -2.15. The van der Waals surface area contributed by atoms with Gasteiger partial charge >= 0.3 is 5.97 Å². The third-order valence-electron chi connectivity index (χ3n) is 2.85. The molecule has 108 valence electrons. The zero-order valence-corrected chi connectivity index (χ0v) is 11.0. The molecule has 6 heteroatoms. The molecule has 0 aliphatic heterocycles. The van der Waals surface area contributed by atoms with E-state index < -0.39 is 17.7 Å². The van der Waals surface area contributed by atoms with E-state index in [9.17, 15) is 14.0 Å². The summed E-state index contributed by atoms with van der Waals surface area (Å²) in [6.07, 6.45) is 0. The fourth-order valence-electron chi connectivity index (χ4n) is 1.81. The summed E-state index contributed by atoms with van der Waals surface area (Å²) in [5.41, 5.74) is 11.4. The summed E-state index contributed by atoms with van der Waals surface area (Å²) in [5, 5.41) is 0. The number of primary amides is 1. The van der Waals surface area contributed by atoms with Crippen LogP contribution in [0.3, 0.4) is 0 Å². The molecule has 0 bridgehead atoms. The molecule has 0 aliphatic rings. The van der Waals surface area contributed by atoms with Gasteiger partial charge in [0, 0.05) is 16.8 Å². The molecule has 0 fully saturated rings. The lowest BCUT2D eigenvalue weighted by molar-refractivity contribution is 0.0465. The zero-order valence-electron chi connectivity index (χ0n) is 11.0. The monoisotopic (exact) mass is 288 g/mol. The molecule has 0 aliphatic carbocycles. The van der Waals surface area contributed by atoms with E-state index in [0.29, 0.717) is 5.56 Å². The van der Waals surface area contributed by atoms with Crippen LogP contribution in [-0.4, -0.2) is 11.9 Å². The summed E-state index contributed by atoms with van der Waals surface area (Å²) in [6, 6.07) is 10.1. The number of nitrogens with two attached hydrogens (primary N) is 2. The molecule has 5 nitrogen and oxygen atoms in total. The number of anilines is 1. The normalized spacial score (nSPS) is 10.1. The molecule has 2 aromatic carbocycles. The number of ether oxygens (including phenoxy) is 1. The summed E-state index contributed by atoms with van der Waals surface area (Å²) in [5.74, 6) is -2.21. The predicted octanol–water partition coefficient (Wildman–Crippen LogP) is 1.86. The van der Waals surface area contributed by atoms with Crippen LogP contribution in [0.1, 0.15) is 26.3 Å². The van der Waals surface area contributed by atoms with E-state index in [0.717, 1.165) is 6.07 Å². The Labute approximate surface area is 120 Å². The fraction of sp³-hybridized carbons (Fsp3) is 0.0667. The maximum atomic E-state index is 13.5. The first-order valence-electron chi connectivity index (χ1n) is 6.09. The highest BCUT2D eigenvalue weighted by molar-refractivity contribution is 5.94. The molecule has 0 atom stereocenters. The van der Waals surface area contributed by atoms with Gasteiger partial charge in [-0.05, 0) is 24.3 Å². The summed E-state index contributed by atoms with van der Waals surface area (Å²) in [7, 11) is 0. The number of nitrogen functional groups attached to an aromatic ring is 1. The van der Waals surface area contributed by atoms with Crippen LogP contribution in [0.4, 0.5) is 10.1 Å². The molecule has 21 heavy (non-hydrogen) atoms. The molecule has 0 saturated carbocycles. The second-order valence-corrected chi connectivity index (χ2v) is 4.34. The number of halogens is 1. The highest BCUT2D eigenvalue weighted by Gasteiger charge is 2.15. The van der Waals surface area contributed by atoms with Crippen LogP contribution < -0.4 is 11.5 Å². The predicted molar refractivity (Wildman–Crippen MR) is 74.9 cm³/mol. The Bertz CT molecular complexity index is 701. The third kappa shape index (κ3) is 3.36. The van der Waals surface area contributed by atoms with E-state index in [2.05, 4.69) is 0 Å². The third-order valence-corrected chi connectivity index (χ3v) is 2.85. The number of rotatable bonds is 4. The van der Waals surface area contributed by atoms with Gasteiger partial charge in [0.2, 0.25) is 5.91 Å². The van der Waals surface area contributed by atoms with Crippen molar-refractivity contribution >= 4 is 17.6 Å². The van der Waals surface area contributed by atoms with Crippen molar-refractivity contribution in [3.63, 3.8) is 0 Å². The van der Waals surface area contributed by atoms with Crippen LogP contribution in [0, 0.1) is 5.82 Å². The van der Waals surface area contributed by atoms with Crippen molar-refractivity contribution in [2.45, 2.75) is 6.61 Å². The van der Waals surface area contributed by atoms with E-state index in [1.165, 1.54) is 18.2 Å². The SMILES string of the molecule is NC(=O)c1ccccc1COC(=O)c1cc(N)ccc1F. The number of carbonyl (C=O) groups excluding carboxylic acids is 2. The van der Waals surface area contributed by atoms with Crippen molar-refractivity contribution in [1.29, 1.82) is 0 Å². The largest absolute Gasteiger partial charge is 0.457 e. The quantitative estimate of drug-likeness (QED) is 0.663. The molecular formula is C15H13FN2O3. The van der Waals surface area contributed by atoms with Crippen molar-refractivity contribution in [1.82, 2.24) is 0 Å². The number of hydrogen-bond acceptors (Lipinski definition) is 4. The molecule has 0 unspecified atom stereocenters. The lowest BCUT2D eigenvalue weighted by atomic mass is 10.1. The van der Waals surface area contributed by atoms with Gasteiger partial charge < -0.3 is 16.2 Å². The molecule has 4 N–H and O–H groups in total. The van der Waals surface area contributed by atoms with E-state index in [1.54, 1.807) is 18.2 Å². The topological polar surface area (TPSA) is 95.4 Å². The van der Waals surface area contributed by atoms with E-state index in [1.807, 2.05) is 0 Å². The highest BCUT2D eigenvalue weighted by Crippen LogP contribution is 2.15. The van der Waals surface area contributed by atoms with Crippen molar-refractivity contribution < 1.29 is 18.7 Å². The average Bonchev–Trinajstić information content (AvgIpc) is 2.47. The summed E-state index contributed by atoms with van der Waals surface area (Å²) in [4.78, 5) is 23.1. The van der Waals surface area contributed by atoms with Gasteiger partial charge in [0.15, 0.2) is 0 Å². The van der Waals surface area contributed by atoms with Gasteiger partial charge in [0.05, 0.1) is 5.56 Å². The smallest absolute Gasteiger partial charge is 0.341 e. The Kier molecular flexibility index (Phi) is 4.18. The number of esters is 1. The molecule has 0 saturated heterocycles. The van der Waals surface area contributed by atoms with Gasteiger partial charge in [-0.1, -0.05) is 18.2 Å². The second-order valence-electron chi connectivity index (χ2n) is 4.34. The van der Waals surface area contributed by atoms with Crippen molar-refractivity contribution in [2.75, 3.05) is 5.73 Å². The van der Waals surface area contributed by atoms with Crippen LogP contribution in [0.25, 0.3) is 0 Å². The summed E-state index contributed by atoms with van der Waals surface area (Å²) < 4.78 is 18.5. The number of amides is 1. The summed E-state index contributed by atoms with van der Waals surface area (Å²) >= 11 is 0. The molecule has 0 spiro atoms. The van der Waals surface area contributed by atoms with Crippen molar-refractivity contribution in [3.8, 4) is 0 Å². The lowest BCUT2D eigenvalue weighted by Gasteiger charge is -2.09. The first-order valence-corrected chi connectivity index (χ1v) is 6.09. The molecule has 0 heterocycles. The van der Waals surface area contributed by atoms with E-state index in [-0.39, 0.29) is 23.4 Å². The first kappa shape index (κ1) is 14.5. The second kappa shape index (κ2) is 6.04. The van der Waals surface area contributed by atoms with Gasteiger partial charge in [-0.2, -0.15) is 0 Å². The molecule has 1 amide bonds. The van der Waals surface area contributed by atoms with Crippen LogP contribution in [-0.2, 0) is 11.3 Å². The highest BCUT2D eigenvalue weighted by atomic mass is 19.1. The van der Waals surface area contributed by atoms with Gasteiger partial charge in [-0.3, -0.25) is 4.79 Å². The minimum absolute atomic E-state index is 0.188. The molecular weight excluding hydrogens is 275 g/mol.